The van der Waals surface area contributed by atoms with Crippen molar-refractivity contribution >= 4 is 5.91 Å². The van der Waals surface area contributed by atoms with E-state index >= 15 is 0 Å². The largest absolute Gasteiger partial charge is 0.350 e. The first-order chi connectivity index (χ1) is 7.81. The fourth-order valence-corrected chi connectivity index (χ4v) is 2.47. The highest BCUT2D eigenvalue weighted by atomic mass is 16.2. The molecular formula is C13H27N3O. The third-order valence-corrected chi connectivity index (χ3v) is 3.24. The molecule has 100 valence electrons. The summed E-state index contributed by atoms with van der Waals surface area (Å²) in [6, 6.07) is 0.594. The Morgan fingerprint density at radius 3 is 2.53 bits per heavy atom. The fraction of sp³-hybridized carbons (Fsp3) is 0.923. The Morgan fingerprint density at radius 1 is 1.41 bits per heavy atom. The van der Waals surface area contributed by atoms with E-state index < -0.39 is 0 Å². The summed E-state index contributed by atoms with van der Waals surface area (Å²) in [6.07, 6.45) is 1.13. The molecule has 4 heteroatoms. The van der Waals surface area contributed by atoms with Gasteiger partial charge in [-0.3, -0.25) is 9.69 Å². The van der Waals surface area contributed by atoms with Crippen LogP contribution in [0.2, 0.25) is 0 Å². The predicted octanol–water partition coefficient (Wildman–Crippen LogP) is 0.831. The number of carbonyl (C=O) groups excluding carboxylic acids is 1. The van der Waals surface area contributed by atoms with E-state index in [2.05, 4.69) is 22.5 Å². The normalized spacial score (nSPS) is 26.9. The standard InChI is InChI=1S/C13H27N3O/c1-10-8-16(7-6-11(10)14-5)9-12(17)15-13(2,3)4/h10-11,14H,6-9H2,1-5H3,(H,15,17). The summed E-state index contributed by atoms with van der Waals surface area (Å²) in [5.74, 6) is 0.740. The van der Waals surface area contributed by atoms with Gasteiger partial charge in [-0.25, -0.2) is 0 Å². The molecule has 0 aromatic heterocycles. The van der Waals surface area contributed by atoms with Crippen LogP contribution in [-0.4, -0.2) is 49.1 Å². The molecule has 4 nitrogen and oxygen atoms in total. The number of piperidine rings is 1. The Kier molecular flexibility index (Phi) is 4.95. The number of nitrogens with one attached hydrogen (secondary N) is 2. The molecule has 0 aromatic rings. The van der Waals surface area contributed by atoms with Crippen LogP contribution in [0.25, 0.3) is 0 Å². The van der Waals surface area contributed by atoms with Gasteiger partial charge in [-0.05, 0) is 40.2 Å². The lowest BCUT2D eigenvalue weighted by atomic mass is 9.94. The van der Waals surface area contributed by atoms with Crippen molar-refractivity contribution in [2.24, 2.45) is 5.92 Å². The summed E-state index contributed by atoms with van der Waals surface area (Å²) in [4.78, 5) is 14.1. The zero-order chi connectivity index (χ0) is 13.1. The topological polar surface area (TPSA) is 44.4 Å². The Morgan fingerprint density at radius 2 is 2.06 bits per heavy atom. The molecule has 2 unspecified atom stereocenters. The molecular weight excluding hydrogens is 214 g/mol. The summed E-state index contributed by atoms with van der Waals surface area (Å²) < 4.78 is 0. The van der Waals surface area contributed by atoms with Crippen LogP contribution in [0.1, 0.15) is 34.1 Å². The molecule has 17 heavy (non-hydrogen) atoms. The molecule has 2 atom stereocenters. The van der Waals surface area contributed by atoms with Gasteiger partial charge in [0.2, 0.25) is 5.91 Å². The summed E-state index contributed by atoms with van der Waals surface area (Å²) in [5.41, 5.74) is -0.133. The fourth-order valence-electron chi connectivity index (χ4n) is 2.47. The van der Waals surface area contributed by atoms with Crippen LogP contribution in [0.3, 0.4) is 0 Å². The molecule has 0 aromatic carbocycles. The maximum absolute atomic E-state index is 11.8. The van der Waals surface area contributed by atoms with Gasteiger partial charge in [-0.15, -0.1) is 0 Å². The Hall–Kier alpha value is -0.610. The minimum absolute atomic E-state index is 0.132. The van der Waals surface area contributed by atoms with Crippen LogP contribution in [0.4, 0.5) is 0 Å². The predicted molar refractivity (Wildman–Crippen MR) is 71.0 cm³/mol. The lowest BCUT2D eigenvalue weighted by Gasteiger charge is -2.36. The lowest BCUT2D eigenvalue weighted by molar-refractivity contribution is -0.124. The van der Waals surface area contributed by atoms with Crippen LogP contribution >= 0.6 is 0 Å². The van der Waals surface area contributed by atoms with Crippen molar-refractivity contribution in [3.63, 3.8) is 0 Å². The van der Waals surface area contributed by atoms with E-state index in [1.165, 1.54) is 0 Å². The average Bonchev–Trinajstić information content (AvgIpc) is 2.14. The van der Waals surface area contributed by atoms with Gasteiger partial charge in [0.15, 0.2) is 0 Å². The summed E-state index contributed by atoms with van der Waals surface area (Å²) >= 11 is 0. The minimum atomic E-state index is -0.133. The smallest absolute Gasteiger partial charge is 0.234 e. The van der Waals surface area contributed by atoms with E-state index in [9.17, 15) is 4.79 Å². The number of nitrogens with zero attached hydrogens (tertiary/aromatic N) is 1. The summed E-state index contributed by atoms with van der Waals surface area (Å²) in [7, 11) is 2.02. The summed E-state index contributed by atoms with van der Waals surface area (Å²) in [6.45, 7) is 10.8. The molecule has 1 fully saturated rings. The van der Waals surface area contributed by atoms with E-state index in [4.69, 9.17) is 0 Å². The second-order valence-corrected chi connectivity index (χ2v) is 6.19. The quantitative estimate of drug-likeness (QED) is 0.769. The van der Waals surface area contributed by atoms with E-state index in [0.717, 1.165) is 19.5 Å². The van der Waals surface area contributed by atoms with E-state index in [-0.39, 0.29) is 11.4 Å². The van der Waals surface area contributed by atoms with Crippen molar-refractivity contribution in [2.45, 2.75) is 45.7 Å². The molecule has 0 aliphatic carbocycles. The van der Waals surface area contributed by atoms with Crippen LogP contribution in [0.5, 0.6) is 0 Å². The Balaban J connectivity index is 2.36. The first kappa shape index (κ1) is 14.5. The zero-order valence-corrected chi connectivity index (χ0v) is 11.8. The molecule has 1 saturated heterocycles. The van der Waals surface area contributed by atoms with Gasteiger partial charge in [0.25, 0.3) is 0 Å². The molecule has 1 aliphatic heterocycles. The monoisotopic (exact) mass is 241 g/mol. The number of hydrogen-bond acceptors (Lipinski definition) is 3. The lowest BCUT2D eigenvalue weighted by Crippen LogP contribution is -2.51. The van der Waals surface area contributed by atoms with Gasteiger partial charge < -0.3 is 10.6 Å². The average molecular weight is 241 g/mol. The molecule has 1 rings (SSSR count). The van der Waals surface area contributed by atoms with Crippen molar-refractivity contribution in [1.82, 2.24) is 15.5 Å². The maximum atomic E-state index is 11.8. The van der Waals surface area contributed by atoms with Gasteiger partial charge in [0, 0.05) is 24.7 Å². The van der Waals surface area contributed by atoms with Crippen molar-refractivity contribution in [3.8, 4) is 0 Å². The number of rotatable bonds is 3. The molecule has 2 N–H and O–H groups in total. The van der Waals surface area contributed by atoms with E-state index in [0.29, 0.717) is 18.5 Å². The first-order valence-corrected chi connectivity index (χ1v) is 6.52. The highest BCUT2D eigenvalue weighted by Crippen LogP contribution is 2.16. The number of likely N-dealkylation sites (tertiary alicyclic amines) is 1. The van der Waals surface area contributed by atoms with Crippen molar-refractivity contribution in [2.75, 3.05) is 26.7 Å². The van der Waals surface area contributed by atoms with Crippen LogP contribution in [0, 0.1) is 5.92 Å². The molecule has 1 amide bonds. The maximum Gasteiger partial charge on any atom is 0.234 e. The van der Waals surface area contributed by atoms with Gasteiger partial charge in [-0.1, -0.05) is 6.92 Å². The van der Waals surface area contributed by atoms with Crippen molar-refractivity contribution in [3.05, 3.63) is 0 Å². The van der Waals surface area contributed by atoms with Gasteiger partial charge in [0.1, 0.15) is 0 Å². The molecule has 0 spiro atoms. The molecule has 0 saturated carbocycles. The minimum Gasteiger partial charge on any atom is -0.350 e. The van der Waals surface area contributed by atoms with Crippen molar-refractivity contribution in [1.29, 1.82) is 0 Å². The van der Waals surface area contributed by atoms with E-state index in [1.54, 1.807) is 0 Å². The van der Waals surface area contributed by atoms with Gasteiger partial charge in [0.05, 0.1) is 6.54 Å². The van der Waals surface area contributed by atoms with Crippen LogP contribution < -0.4 is 10.6 Å². The second kappa shape index (κ2) is 5.83. The highest BCUT2D eigenvalue weighted by molar-refractivity contribution is 5.78. The number of amides is 1. The Bertz CT molecular complexity index is 260. The summed E-state index contributed by atoms with van der Waals surface area (Å²) in [5, 5.41) is 6.35. The zero-order valence-electron chi connectivity index (χ0n) is 11.8. The van der Waals surface area contributed by atoms with Gasteiger partial charge >= 0.3 is 0 Å². The number of carbonyl (C=O) groups is 1. The van der Waals surface area contributed by atoms with Crippen LogP contribution in [0.15, 0.2) is 0 Å². The molecule has 1 aliphatic rings. The van der Waals surface area contributed by atoms with Gasteiger partial charge in [-0.2, -0.15) is 0 Å². The number of hydrogen-bond donors (Lipinski definition) is 2. The SMILES string of the molecule is CNC1CCN(CC(=O)NC(C)(C)C)CC1C. The Labute approximate surface area is 105 Å². The molecule has 1 heterocycles. The second-order valence-electron chi connectivity index (χ2n) is 6.19. The third kappa shape index (κ3) is 5.04. The first-order valence-electron chi connectivity index (χ1n) is 6.52. The van der Waals surface area contributed by atoms with Crippen LogP contribution in [-0.2, 0) is 4.79 Å². The molecule has 0 bridgehead atoms. The molecule has 0 radical (unpaired) electrons. The highest BCUT2D eigenvalue weighted by Gasteiger charge is 2.26. The van der Waals surface area contributed by atoms with Crippen molar-refractivity contribution < 1.29 is 4.79 Å². The third-order valence-electron chi connectivity index (χ3n) is 3.24. The van der Waals surface area contributed by atoms with E-state index in [1.807, 2.05) is 27.8 Å².